The molecule has 28 heavy (non-hydrogen) atoms. The predicted octanol–water partition coefficient (Wildman–Crippen LogP) is 5.94. The van der Waals surface area contributed by atoms with Crippen LogP contribution in [0.2, 0.25) is 0 Å². The minimum absolute atomic E-state index is 0.0246. The molecule has 0 aliphatic rings. The van der Waals surface area contributed by atoms with Crippen LogP contribution in [0.1, 0.15) is 36.5 Å². The molecule has 0 aliphatic heterocycles. The second kappa shape index (κ2) is 8.29. The molecule has 7 heteroatoms. The molecule has 0 saturated carbocycles. The molecule has 3 aromatic rings. The third-order valence-corrected chi connectivity index (χ3v) is 4.09. The number of aromatic nitrogens is 2. The summed E-state index contributed by atoms with van der Waals surface area (Å²) in [7, 11) is 0. The van der Waals surface area contributed by atoms with Gasteiger partial charge < -0.3 is 10.1 Å². The van der Waals surface area contributed by atoms with Crippen molar-refractivity contribution in [2.24, 2.45) is 0 Å². The van der Waals surface area contributed by atoms with E-state index in [4.69, 9.17) is 4.74 Å². The van der Waals surface area contributed by atoms with Crippen LogP contribution >= 0.6 is 0 Å². The SMILES string of the molecule is CC(C)c1cccc(Nc2ncc(C(F)(F)F)c(OCc3ccccc3)n2)c1. The van der Waals surface area contributed by atoms with Crippen molar-refractivity contribution in [3.05, 3.63) is 77.5 Å². The molecule has 0 amide bonds. The van der Waals surface area contributed by atoms with E-state index >= 15 is 0 Å². The number of alkyl halides is 3. The van der Waals surface area contributed by atoms with Gasteiger partial charge in [0.1, 0.15) is 12.2 Å². The molecule has 0 spiro atoms. The zero-order valence-electron chi connectivity index (χ0n) is 15.5. The molecular weight excluding hydrogens is 367 g/mol. The lowest BCUT2D eigenvalue weighted by atomic mass is 10.0. The number of hydrogen-bond donors (Lipinski definition) is 1. The van der Waals surface area contributed by atoms with Crippen LogP contribution < -0.4 is 10.1 Å². The maximum atomic E-state index is 13.3. The van der Waals surface area contributed by atoms with E-state index in [1.807, 2.05) is 24.3 Å². The van der Waals surface area contributed by atoms with E-state index in [0.717, 1.165) is 17.3 Å². The van der Waals surface area contributed by atoms with Crippen LogP contribution in [0.4, 0.5) is 24.8 Å². The highest BCUT2D eigenvalue weighted by Crippen LogP contribution is 2.35. The van der Waals surface area contributed by atoms with Crippen LogP contribution in [0.15, 0.2) is 60.8 Å². The molecule has 0 aliphatic carbocycles. The fourth-order valence-corrected chi connectivity index (χ4v) is 2.56. The Morgan fingerprint density at radius 2 is 1.79 bits per heavy atom. The molecule has 3 rings (SSSR count). The van der Waals surface area contributed by atoms with Gasteiger partial charge in [0, 0.05) is 11.9 Å². The highest BCUT2D eigenvalue weighted by molar-refractivity contribution is 5.55. The Hall–Kier alpha value is -3.09. The summed E-state index contributed by atoms with van der Waals surface area (Å²) in [5.41, 5.74) is 1.52. The number of halogens is 3. The lowest BCUT2D eigenvalue weighted by molar-refractivity contribution is -0.139. The molecule has 146 valence electrons. The molecule has 1 heterocycles. The molecule has 1 N–H and O–H groups in total. The van der Waals surface area contributed by atoms with Crippen LogP contribution in [0.25, 0.3) is 0 Å². The zero-order valence-corrected chi connectivity index (χ0v) is 15.5. The van der Waals surface area contributed by atoms with E-state index in [0.29, 0.717) is 11.6 Å². The predicted molar refractivity (Wildman–Crippen MR) is 102 cm³/mol. The number of anilines is 2. The Bertz CT molecular complexity index is 928. The molecule has 0 atom stereocenters. The van der Waals surface area contributed by atoms with Crippen molar-refractivity contribution < 1.29 is 17.9 Å². The van der Waals surface area contributed by atoms with E-state index < -0.39 is 17.6 Å². The van der Waals surface area contributed by atoms with Gasteiger partial charge in [-0.25, -0.2) is 4.98 Å². The Balaban J connectivity index is 1.86. The third-order valence-electron chi connectivity index (χ3n) is 4.09. The van der Waals surface area contributed by atoms with Crippen molar-refractivity contribution >= 4 is 11.6 Å². The van der Waals surface area contributed by atoms with Crippen LogP contribution in [0.5, 0.6) is 5.88 Å². The number of rotatable bonds is 6. The first kappa shape index (κ1) is 19.7. The second-order valence-corrected chi connectivity index (χ2v) is 6.59. The monoisotopic (exact) mass is 387 g/mol. The van der Waals surface area contributed by atoms with Gasteiger partial charge in [0.05, 0.1) is 0 Å². The molecule has 4 nitrogen and oxygen atoms in total. The number of ether oxygens (including phenoxy) is 1. The van der Waals surface area contributed by atoms with Crippen LogP contribution in [0, 0.1) is 0 Å². The molecule has 0 saturated heterocycles. The number of nitrogens with zero attached hydrogens (tertiary/aromatic N) is 2. The van der Waals surface area contributed by atoms with Crippen LogP contribution in [-0.2, 0) is 12.8 Å². The number of nitrogens with one attached hydrogen (secondary N) is 1. The first-order valence-corrected chi connectivity index (χ1v) is 8.81. The van der Waals surface area contributed by atoms with E-state index in [9.17, 15) is 13.2 Å². The van der Waals surface area contributed by atoms with Gasteiger partial charge in [0.25, 0.3) is 0 Å². The summed E-state index contributed by atoms with van der Waals surface area (Å²) in [5, 5.41) is 2.95. The molecule has 2 aromatic carbocycles. The minimum atomic E-state index is -4.61. The standard InChI is InChI=1S/C21H20F3N3O/c1-14(2)16-9-6-10-17(11-16)26-20-25-12-18(21(22,23)24)19(27-20)28-13-15-7-4-3-5-8-15/h3-12,14H,13H2,1-2H3,(H,25,26,27). The van der Waals surface area contributed by atoms with E-state index in [1.165, 1.54) is 0 Å². The van der Waals surface area contributed by atoms with Gasteiger partial charge in [0.15, 0.2) is 0 Å². The maximum absolute atomic E-state index is 13.3. The number of hydrogen-bond acceptors (Lipinski definition) is 4. The zero-order chi connectivity index (χ0) is 20.1. The van der Waals surface area contributed by atoms with Crippen LogP contribution in [-0.4, -0.2) is 9.97 Å². The summed E-state index contributed by atoms with van der Waals surface area (Å²) in [4.78, 5) is 7.77. The summed E-state index contributed by atoms with van der Waals surface area (Å²) in [6.07, 6.45) is -3.87. The third kappa shape index (κ3) is 5.00. The molecule has 1 aromatic heterocycles. The summed E-state index contributed by atoms with van der Waals surface area (Å²) in [5.74, 6) is -0.147. The Morgan fingerprint density at radius 1 is 1.04 bits per heavy atom. The quantitative estimate of drug-likeness (QED) is 0.568. The molecule has 0 bridgehead atoms. The van der Waals surface area contributed by atoms with Crippen molar-refractivity contribution in [3.63, 3.8) is 0 Å². The molecule has 0 unspecified atom stereocenters. The van der Waals surface area contributed by atoms with Gasteiger partial charge in [-0.15, -0.1) is 0 Å². The highest BCUT2D eigenvalue weighted by Gasteiger charge is 2.36. The van der Waals surface area contributed by atoms with Crippen molar-refractivity contribution in [1.29, 1.82) is 0 Å². The van der Waals surface area contributed by atoms with Gasteiger partial charge in [0.2, 0.25) is 11.8 Å². The van der Waals surface area contributed by atoms with Gasteiger partial charge in [-0.1, -0.05) is 56.3 Å². The van der Waals surface area contributed by atoms with Crippen molar-refractivity contribution in [1.82, 2.24) is 9.97 Å². The van der Waals surface area contributed by atoms with Gasteiger partial charge in [-0.3, -0.25) is 0 Å². The van der Waals surface area contributed by atoms with E-state index in [1.54, 1.807) is 30.3 Å². The van der Waals surface area contributed by atoms with E-state index in [2.05, 4.69) is 29.1 Å². The lowest BCUT2D eigenvalue weighted by Crippen LogP contribution is -2.12. The Morgan fingerprint density at radius 3 is 2.46 bits per heavy atom. The maximum Gasteiger partial charge on any atom is 0.423 e. The average Bonchev–Trinajstić information content (AvgIpc) is 2.66. The van der Waals surface area contributed by atoms with Crippen LogP contribution in [0.3, 0.4) is 0 Å². The Kier molecular flexibility index (Phi) is 5.82. The second-order valence-electron chi connectivity index (χ2n) is 6.59. The van der Waals surface area contributed by atoms with Crippen molar-refractivity contribution in [3.8, 4) is 5.88 Å². The summed E-state index contributed by atoms with van der Waals surface area (Å²) in [6.45, 7) is 4.09. The highest BCUT2D eigenvalue weighted by atomic mass is 19.4. The molecule has 0 fully saturated rings. The fraction of sp³-hybridized carbons (Fsp3) is 0.238. The van der Waals surface area contributed by atoms with Crippen molar-refractivity contribution in [2.45, 2.75) is 32.5 Å². The minimum Gasteiger partial charge on any atom is -0.472 e. The molecular formula is C21H20F3N3O. The largest absolute Gasteiger partial charge is 0.472 e. The summed E-state index contributed by atoms with van der Waals surface area (Å²) >= 11 is 0. The first-order valence-electron chi connectivity index (χ1n) is 8.81. The van der Waals surface area contributed by atoms with Gasteiger partial charge in [-0.05, 0) is 29.2 Å². The summed E-state index contributed by atoms with van der Waals surface area (Å²) in [6, 6.07) is 16.5. The topological polar surface area (TPSA) is 47.0 Å². The lowest BCUT2D eigenvalue weighted by Gasteiger charge is -2.14. The van der Waals surface area contributed by atoms with Gasteiger partial charge in [-0.2, -0.15) is 18.2 Å². The van der Waals surface area contributed by atoms with Gasteiger partial charge >= 0.3 is 6.18 Å². The average molecular weight is 387 g/mol. The fourth-order valence-electron chi connectivity index (χ4n) is 2.56. The van der Waals surface area contributed by atoms with E-state index in [-0.39, 0.29) is 12.6 Å². The molecule has 0 radical (unpaired) electrons. The Labute approximate surface area is 161 Å². The number of benzene rings is 2. The smallest absolute Gasteiger partial charge is 0.423 e. The first-order chi connectivity index (χ1) is 13.3. The summed E-state index contributed by atoms with van der Waals surface area (Å²) < 4.78 is 45.3. The van der Waals surface area contributed by atoms with Crippen molar-refractivity contribution in [2.75, 3.05) is 5.32 Å². The normalized spacial score (nSPS) is 11.5.